The maximum absolute atomic E-state index is 11.4. The first-order valence-corrected chi connectivity index (χ1v) is 6.41. The standard InChI is InChI=1S/C12H15NO2S/c1-9-4-2-5-10(13-9)8-12(11(14)15)6-3-7-16-12/h2,4-5H,3,6-8H2,1H3,(H,14,15). The second-order valence-corrected chi connectivity index (χ2v) is 5.68. The zero-order valence-corrected chi connectivity index (χ0v) is 10.1. The lowest BCUT2D eigenvalue weighted by Gasteiger charge is -2.22. The molecule has 0 aromatic carbocycles. The summed E-state index contributed by atoms with van der Waals surface area (Å²) in [6.45, 7) is 1.93. The number of thioether (sulfide) groups is 1. The van der Waals surface area contributed by atoms with E-state index in [1.165, 1.54) is 0 Å². The van der Waals surface area contributed by atoms with E-state index in [0.717, 1.165) is 30.0 Å². The summed E-state index contributed by atoms with van der Waals surface area (Å²) in [5.74, 6) is 0.247. The summed E-state index contributed by atoms with van der Waals surface area (Å²) in [5, 5.41) is 9.35. The van der Waals surface area contributed by atoms with Gasteiger partial charge in [0.05, 0.1) is 0 Å². The molecule has 1 unspecified atom stereocenters. The fourth-order valence-electron chi connectivity index (χ4n) is 2.07. The van der Waals surface area contributed by atoms with Crippen LogP contribution in [0.1, 0.15) is 24.2 Å². The molecule has 4 heteroatoms. The number of hydrogen-bond donors (Lipinski definition) is 1. The molecule has 1 atom stereocenters. The number of pyridine rings is 1. The number of nitrogens with zero attached hydrogens (tertiary/aromatic N) is 1. The van der Waals surface area contributed by atoms with Gasteiger partial charge in [-0.3, -0.25) is 9.78 Å². The van der Waals surface area contributed by atoms with Gasteiger partial charge in [0.1, 0.15) is 4.75 Å². The lowest BCUT2D eigenvalue weighted by molar-refractivity contribution is -0.139. The summed E-state index contributed by atoms with van der Waals surface area (Å²) in [6, 6.07) is 5.78. The molecular weight excluding hydrogens is 222 g/mol. The fraction of sp³-hybridized carbons (Fsp3) is 0.500. The summed E-state index contributed by atoms with van der Waals surface area (Å²) in [6.07, 6.45) is 2.28. The van der Waals surface area contributed by atoms with Crippen LogP contribution in [0.4, 0.5) is 0 Å². The highest BCUT2D eigenvalue weighted by Gasteiger charge is 2.42. The highest BCUT2D eigenvalue weighted by atomic mass is 32.2. The molecule has 16 heavy (non-hydrogen) atoms. The highest BCUT2D eigenvalue weighted by molar-refractivity contribution is 8.01. The molecule has 1 aromatic rings. The highest BCUT2D eigenvalue weighted by Crippen LogP contribution is 2.40. The van der Waals surface area contributed by atoms with Crippen LogP contribution in [0, 0.1) is 6.92 Å². The molecule has 1 fully saturated rings. The van der Waals surface area contributed by atoms with Crippen LogP contribution in [0.15, 0.2) is 18.2 Å². The predicted molar refractivity (Wildman–Crippen MR) is 64.7 cm³/mol. The minimum absolute atomic E-state index is 0.536. The van der Waals surface area contributed by atoms with E-state index in [4.69, 9.17) is 0 Å². The quantitative estimate of drug-likeness (QED) is 0.876. The van der Waals surface area contributed by atoms with E-state index in [1.807, 2.05) is 25.1 Å². The van der Waals surface area contributed by atoms with Crippen molar-refractivity contribution in [1.29, 1.82) is 0 Å². The van der Waals surface area contributed by atoms with Crippen LogP contribution < -0.4 is 0 Å². The second kappa shape index (κ2) is 4.45. The molecule has 1 aliphatic heterocycles. The lowest BCUT2D eigenvalue weighted by Crippen LogP contribution is -2.35. The van der Waals surface area contributed by atoms with Gasteiger partial charge >= 0.3 is 5.97 Å². The summed E-state index contributed by atoms with van der Waals surface area (Å²) in [4.78, 5) is 15.8. The average Bonchev–Trinajstić information content (AvgIpc) is 2.67. The number of carboxylic acid groups (broad SMARTS) is 1. The van der Waals surface area contributed by atoms with E-state index in [1.54, 1.807) is 11.8 Å². The summed E-state index contributed by atoms with van der Waals surface area (Å²) >= 11 is 1.56. The zero-order valence-electron chi connectivity index (χ0n) is 9.27. The number of carboxylic acids is 1. The van der Waals surface area contributed by atoms with E-state index in [2.05, 4.69) is 4.98 Å². The Kier molecular flexibility index (Phi) is 3.19. The minimum Gasteiger partial charge on any atom is -0.480 e. The molecular formula is C12H15NO2S. The van der Waals surface area contributed by atoms with Gasteiger partial charge in [-0.2, -0.15) is 0 Å². The van der Waals surface area contributed by atoms with Crippen LogP contribution in [0.2, 0.25) is 0 Å². The second-order valence-electron chi connectivity index (χ2n) is 4.20. The van der Waals surface area contributed by atoms with E-state index in [9.17, 15) is 9.90 Å². The first-order valence-electron chi connectivity index (χ1n) is 5.42. The molecule has 1 N–H and O–H groups in total. The molecule has 1 saturated heterocycles. The number of aromatic nitrogens is 1. The molecule has 2 heterocycles. The molecule has 0 aliphatic carbocycles. The summed E-state index contributed by atoms with van der Waals surface area (Å²) in [5.41, 5.74) is 1.83. The molecule has 3 nitrogen and oxygen atoms in total. The van der Waals surface area contributed by atoms with Crippen molar-refractivity contribution in [3.8, 4) is 0 Å². The van der Waals surface area contributed by atoms with Gasteiger partial charge in [-0.25, -0.2) is 0 Å². The molecule has 2 rings (SSSR count). The molecule has 86 valence electrons. The molecule has 0 spiro atoms. The summed E-state index contributed by atoms with van der Waals surface area (Å²) < 4.78 is -0.638. The SMILES string of the molecule is Cc1cccc(CC2(C(=O)O)CCCS2)n1. The Labute approximate surface area is 99.3 Å². The fourth-order valence-corrected chi connectivity index (χ4v) is 3.41. The van der Waals surface area contributed by atoms with Crippen molar-refractivity contribution in [2.75, 3.05) is 5.75 Å². The Hall–Kier alpha value is -1.03. The molecule has 1 aliphatic rings. The number of rotatable bonds is 3. The van der Waals surface area contributed by atoms with E-state index in [0.29, 0.717) is 6.42 Å². The van der Waals surface area contributed by atoms with Crippen molar-refractivity contribution in [3.63, 3.8) is 0 Å². The van der Waals surface area contributed by atoms with E-state index >= 15 is 0 Å². The van der Waals surface area contributed by atoms with Gasteiger partial charge in [-0.1, -0.05) is 6.07 Å². The van der Waals surface area contributed by atoms with Crippen molar-refractivity contribution in [3.05, 3.63) is 29.6 Å². The molecule has 0 saturated carbocycles. The monoisotopic (exact) mass is 237 g/mol. The van der Waals surface area contributed by atoms with Crippen LogP contribution in [0.3, 0.4) is 0 Å². The van der Waals surface area contributed by atoms with E-state index in [-0.39, 0.29) is 0 Å². The third-order valence-electron chi connectivity index (χ3n) is 2.91. The van der Waals surface area contributed by atoms with Gasteiger partial charge in [-0.05, 0) is 37.7 Å². The number of carbonyl (C=O) groups is 1. The van der Waals surface area contributed by atoms with Crippen molar-refractivity contribution in [2.24, 2.45) is 0 Å². The lowest BCUT2D eigenvalue weighted by atomic mass is 9.97. The average molecular weight is 237 g/mol. The Bertz CT molecular complexity index is 400. The topological polar surface area (TPSA) is 50.2 Å². The van der Waals surface area contributed by atoms with Gasteiger partial charge in [0, 0.05) is 17.8 Å². The Balaban J connectivity index is 2.21. The third-order valence-corrected chi connectivity index (χ3v) is 4.47. The van der Waals surface area contributed by atoms with Gasteiger partial charge in [0.15, 0.2) is 0 Å². The number of hydrogen-bond acceptors (Lipinski definition) is 3. The van der Waals surface area contributed by atoms with Gasteiger partial charge in [-0.15, -0.1) is 11.8 Å². The number of aryl methyl sites for hydroxylation is 1. The van der Waals surface area contributed by atoms with Gasteiger partial charge in [0.25, 0.3) is 0 Å². The molecule has 0 radical (unpaired) electrons. The van der Waals surface area contributed by atoms with Crippen LogP contribution in [0.5, 0.6) is 0 Å². The van der Waals surface area contributed by atoms with Crippen molar-refractivity contribution in [2.45, 2.75) is 30.9 Å². The van der Waals surface area contributed by atoms with E-state index < -0.39 is 10.7 Å². The van der Waals surface area contributed by atoms with Crippen LogP contribution in [-0.4, -0.2) is 26.6 Å². The van der Waals surface area contributed by atoms with Crippen molar-refractivity contribution < 1.29 is 9.90 Å². The normalized spacial score (nSPS) is 24.6. The van der Waals surface area contributed by atoms with Crippen LogP contribution >= 0.6 is 11.8 Å². The van der Waals surface area contributed by atoms with Crippen LogP contribution in [-0.2, 0) is 11.2 Å². The smallest absolute Gasteiger partial charge is 0.320 e. The molecule has 0 bridgehead atoms. The first-order chi connectivity index (χ1) is 7.62. The Morgan fingerprint density at radius 1 is 1.62 bits per heavy atom. The maximum Gasteiger partial charge on any atom is 0.320 e. The minimum atomic E-state index is -0.696. The maximum atomic E-state index is 11.4. The van der Waals surface area contributed by atoms with Gasteiger partial charge in [0.2, 0.25) is 0 Å². The number of aliphatic carboxylic acids is 1. The third kappa shape index (κ3) is 2.21. The Morgan fingerprint density at radius 2 is 2.44 bits per heavy atom. The zero-order chi connectivity index (χ0) is 11.6. The van der Waals surface area contributed by atoms with Gasteiger partial charge < -0.3 is 5.11 Å². The predicted octanol–water partition coefficient (Wildman–Crippen LogP) is 2.28. The van der Waals surface area contributed by atoms with Crippen molar-refractivity contribution in [1.82, 2.24) is 4.98 Å². The van der Waals surface area contributed by atoms with Crippen molar-refractivity contribution >= 4 is 17.7 Å². The van der Waals surface area contributed by atoms with Crippen LogP contribution in [0.25, 0.3) is 0 Å². The first kappa shape index (κ1) is 11.5. The largest absolute Gasteiger partial charge is 0.480 e. The Morgan fingerprint density at radius 3 is 3.00 bits per heavy atom. The summed E-state index contributed by atoms with van der Waals surface area (Å²) in [7, 11) is 0. The molecule has 0 amide bonds. The molecule has 1 aromatic heterocycles.